The Morgan fingerprint density at radius 2 is 2.10 bits per heavy atom. The van der Waals surface area contributed by atoms with Crippen LogP contribution >= 0.6 is 0 Å². The molecule has 1 amide bonds. The van der Waals surface area contributed by atoms with Gasteiger partial charge in [0.05, 0.1) is 16.8 Å². The molecule has 0 aliphatic heterocycles. The first kappa shape index (κ1) is 15.0. The number of hydrogen-bond acceptors (Lipinski definition) is 3. The maximum Gasteiger partial charge on any atom is 0.416 e. The van der Waals surface area contributed by atoms with Crippen molar-refractivity contribution < 1.29 is 18.0 Å². The van der Waals surface area contributed by atoms with Crippen LogP contribution in [0.1, 0.15) is 27.2 Å². The minimum absolute atomic E-state index is 0.00289. The fourth-order valence-corrected chi connectivity index (χ4v) is 1.75. The van der Waals surface area contributed by atoms with E-state index in [4.69, 9.17) is 0 Å². The van der Waals surface area contributed by atoms with Crippen molar-refractivity contribution in [3.8, 4) is 0 Å². The van der Waals surface area contributed by atoms with Gasteiger partial charge in [-0.05, 0) is 24.6 Å². The standard InChI is InChI=1S/C14H12F3N3O/c1-9-12(7-18-8-20-9)13(21)19-6-10-3-2-4-11(5-10)14(15,16)17/h2-5,7-8H,6H2,1H3,(H,19,21). The molecule has 0 aliphatic rings. The van der Waals surface area contributed by atoms with E-state index in [1.807, 2.05) is 0 Å². The number of carbonyl (C=O) groups excluding carboxylic acids is 1. The highest BCUT2D eigenvalue weighted by Crippen LogP contribution is 2.29. The molecule has 0 atom stereocenters. The maximum atomic E-state index is 12.6. The Labute approximate surface area is 119 Å². The number of benzene rings is 1. The van der Waals surface area contributed by atoms with Gasteiger partial charge in [0.1, 0.15) is 6.33 Å². The molecule has 0 saturated carbocycles. The lowest BCUT2D eigenvalue weighted by molar-refractivity contribution is -0.137. The van der Waals surface area contributed by atoms with Crippen molar-refractivity contribution in [3.05, 3.63) is 59.2 Å². The molecule has 1 aromatic carbocycles. The van der Waals surface area contributed by atoms with Gasteiger partial charge in [-0.25, -0.2) is 9.97 Å². The smallest absolute Gasteiger partial charge is 0.348 e. The number of nitrogens with zero attached hydrogens (tertiary/aromatic N) is 2. The summed E-state index contributed by atoms with van der Waals surface area (Å²) in [4.78, 5) is 19.5. The van der Waals surface area contributed by atoms with Crippen LogP contribution in [0.5, 0.6) is 0 Å². The number of carbonyl (C=O) groups is 1. The van der Waals surface area contributed by atoms with Gasteiger partial charge in [-0.15, -0.1) is 0 Å². The molecular weight excluding hydrogens is 283 g/mol. The first-order valence-corrected chi connectivity index (χ1v) is 6.09. The van der Waals surface area contributed by atoms with Gasteiger partial charge >= 0.3 is 6.18 Å². The number of aromatic nitrogens is 2. The van der Waals surface area contributed by atoms with Crippen LogP contribution in [-0.2, 0) is 12.7 Å². The number of aryl methyl sites for hydroxylation is 1. The lowest BCUT2D eigenvalue weighted by Gasteiger charge is -2.10. The van der Waals surface area contributed by atoms with E-state index in [1.54, 1.807) is 6.92 Å². The average molecular weight is 295 g/mol. The molecule has 0 unspecified atom stereocenters. The predicted octanol–water partition coefficient (Wildman–Crippen LogP) is 2.73. The van der Waals surface area contributed by atoms with Gasteiger partial charge in [0, 0.05) is 12.7 Å². The molecule has 0 aliphatic carbocycles. The Kier molecular flexibility index (Phi) is 4.21. The third-order valence-electron chi connectivity index (χ3n) is 2.86. The van der Waals surface area contributed by atoms with E-state index >= 15 is 0 Å². The fourth-order valence-electron chi connectivity index (χ4n) is 1.75. The van der Waals surface area contributed by atoms with Crippen molar-refractivity contribution in [2.75, 3.05) is 0 Å². The normalized spacial score (nSPS) is 11.2. The third kappa shape index (κ3) is 3.77. The van der Waals surface area contributed by atoms with E-state index < -0.39 is 17.6 Å². The molecule has 0 fully saturated rings. The maximum absolute atomic E-state index is 12.6. The van der Waals surface area contributed by atoms with Crippen LogP contribution in [0.4, 0.5) is 13.2 Å². The molecule has 1 heterocycles. The van der Waals surface area contributed by atoms with Crippen molar-refractivity contribution in [3.63, 3.8) is 0 Å². The second-order valence-electron chi connectivity index (χ2n) is 4.40. The number of amides is 1. The van der Waals surface area contributed by atoms with Crippen molar-refractivity contribution in [1.29, 1.82) is 0 Å². The van der Waals surface area contributed by atoms with Gasteiger partial charge in [-0.3, -0.25) is 4.79 Å². The third-order valence-corrected chi connectivity index (χ3v) is 2.86. The second kappa shape index (κ2) is 5.90. The number of halogens is 3. The largest absolute Gasteiger partial charge is 0.416 e. The van der Waals surface area contributed by atoms with Crippen LogP contribution in [-0.4, -0.2) is 15.9 Å². The molecule has 2 rings (SSSR count). The zero-order valence-electron chi connectivity index (χ0n) is 11.1. The van der Waals surface area contributed by atoms with E-state index in [2.05, 4.69) is 15.3 Å². The lowest BCUT2D eigenvalue weighted by Crippen LogP contribution is -2.24. The average Bonchev–Trinajstić information content (AvgIpc) is 2.45. The van der Waals surface area contributed by atoms with Gasteiger partial charge < -0.3 is 5.32 Å². The highest BCUT2D eigenvalue weighted by atomic mass is 19.4. The van der Waals surface area contributed by atoms with E-state index in [-0.39, 0.29) is 6.54 Å². The highest BCUT2D eigenvalue weighted by molar-refractivity contribution is 5.94. The number of nitrogens with one attached hydrogen (secondary N) is 1. The monoisotopic (exact) mass is 295 g/mol. The predicted molar refractivity (Wildman–Crippen MR) is 69.4 cm³/mol. The van der Waals surface area contributed by atoms with Crippen molar-refractivity contribution in [2.24, 2.45) is 0 Å². The topological polar surface area (TPSA) is 54.9 Å². The van der Waals surface area contributed by atoms with E-state index in [0.717, 1.165) is 12.1 Å². The zero-order valence-corrected chi connectivity index (χ0v) is 11.1. The summed E-state index contributed by atoms with van der Waals surface area (Å²) in [7, 11) is 0. The van der Waals surface area contributed by atoms with Gasteiger partial charge in [0.15, 0.2) is 0 Å². The zero-order chi connectivity index (χ0) is 15.5. The molecule has 1 aromatic heterocycles. The quantitative estimate of drug-likeness (QED) is 0.947. The first-order chi connectivity index (χ1) is 9.88. The second-order valence-corrected chi connectivity index (χ2v) is 4.40. The molecule has 2 aromatic rings. The van der Waals surface area contributed by atoms with Crippen LogP contribution < -0.4 is 5.32 Å². The van der Waals surface area contributed by atoms with Crippen LogP contribution in [0.2, 0.25) is 0 Å². The summed E-state index contributed by atoms with van der Waals surface area (Å²) >= 11 is 0. The Balaban J connectivity index is 2.07. The SMILES string of the molecule is Cc1ncncc1C(=O)NCc1cccc(C(F)(F)F)c1. The Bertz CT molecular complexity index is 656. The lowest BCUT2D eigenvalue weighted by atomic mass is 10.1. The van der Waals surface area contributed by atoms with Crippen molar-refractivity contribution in [1.82, 2.24) is 15.3 Å². The van der Waals surface area contributed by atoms with Gasteiger partial charge in [0.25, 0.3) is 5.91 Å². The van der Waals surface area contributed by atoms with Crippen LogP contribution in [0.15, 0.2) is 36.8 Å². The van der Waals surface area contributed by atoms with Crippen LogP contribution in [0, 0.1) is 6.92 Å². The van der Waals surface area contributed by atoms with Crippen molar-refractivity contribution in [2.45, 2.75) is 19.6 Å². The first-order valence-electron chi connectivity index (χ1n) is 6.09. The van der Waals surface area contributed by atoms with Gasteiger partial charge in [-0.1, -0.05) is 12.1 Å². The van der Waals surface area contributed by atoms with E-state index in [9.17, 15) is 18.0 Å². The molecule has 0 spiro atoms. The van der Waals surface area contributed by atoms with Gasteiger partial charge in [-0.2, -0.15) is 13.2 Å². The summed E-state index contributed by atoms with van der Waals surface area (Å²) in [6.07, 6.45) is -1.72. The Morgan fingerprint density at radius 1 is 1.33 bits per heavy atom. The number of rotatable bonds is 3. The molecule has 21 heavy (non-hydrogen) atoms. The summed E-state index contributed by atoms with van der Waals surface area (Å²) in [6.45, 7) is 1.65. The molecule has 7 heteroatoms. The summed E-state index contributed by atoms with van der Waals surface area (Å²) in [5.41, 5.74) is 0.428. The van der Waals surface area contributed by atoms with Crippen LogP contribution in [0.25, 0.3) is 0 Å². The fraction of sp³-hybridized carbons (Fsp3) is 0.214. The summed E-state index contributed by atoms with van der Waals surface area (Å²) < 4.78 is 37.7. The minimum Gasteiger partial charge on any atom is -0.348 e. The summed E-state index contributed by atoms with van der Waals surface area (Å²) in [6, 6.07) is 4.82. The number of alkyl halides is 3. The molecule has 0 bridgehead atoms. The molecule has 0 radical (unpaired) electrons. The highest BCUT2D eigenvalue weighted by Gasteiger charge is 2.30. The van der Waals surface area contributed by atoms with Gasteiger partial charge in [0.2, 0.25) is 0 Å². The molecule has 0 saturated heterocycles. The van der Waals surface area contributed by atoms with Crippen LogP contribution in [0.3, 0.4) is 0 Å². The molecule has 110 valence electrons. The number of hydrogen-bond donors (Lipinski definition) is 1. The Hall–Kier alpha value is -2.44. The van der Waals surface area contributed by atoms with E-state index in [0.29, 0.717) is 16.8 Å². The van der Waals surface area contributed by atoms with Crippen molar-refractivity contribution >= 4 is 5.91 Å². The molecule has 4 nitrogen and oxygen atoms in total. The molecule has 1 N–H and O–H groups in total. The Morgan fingerprint density at radius 3 is 2.76 bits per heavy atom. The van der Waals surface area contributed by atoms with E-state index in [1.165, 1.54) is 24.7 Å². The summed E-state index contributed by atoms with van der Waals surface area (Å²) in [5, 5.41) is 2.55. The molecular formula is C14H12F3N3O. The minimum atomic E-state index is -4.40. The summed E-state index contributed by atoms with van der Waals surface area (Å²) in [5.74, 6) is -0.425.